The standard InChI is InChI=1S/C17H20N2O/c1-12(2)14-6-8-15(9-7-14)13(3)19-17(20)16-5-4-10-18-11-16/h4-13H,1-3H3,(H,19,20)/t13-/m0/s1. The van der Waals surface area contributed by atoms with Crippen LogP contribution in [0.2, 0.25) is 0 Å². The van der Waals surface area contributed by atoms with Gasteiger partial charge in [-0.1, -0.05) is 38.1 Å². The molecule has 1 amide bonds. The number of hydrogen-bond donors (Lipinski definition) is 1. The molecule has 0 saturated heterocycles. The number of hydrogen-bond acceptors (Lipinski definition) is 2. The maximum atomic E-state index is 12.1. The molecule has 0 radical (unpaired) electrons. The summed E-state index contributed by atoms with van der Waals surface area (Å²) in [6.07, 6.45) is 3.23. The summed E-state index contributed by atoms with van der Waals surface area (Å²) in [7, 11) is 0. The third-order valence-corrected chi connectivity index (χ3v) is 3.37. The van der Waals surface area contributed by atoms with Gasteiger partial charge in [0.1, 0.15) is 0 Å². The van der Waals surface area contributed by atoms with Crippen LogP contribution < -0.4 is 5.32 Å². The van der Waals surface area contributed by atoms with Crippen molar-refractivity contribution in [1.29, 1.82) is 0 Å². The highest BCUT2D eigenvalue weighted by Crippen LogP contribution is 2.18. The van der Waals surface area contributed by atoms with E-state index < -0.39 is 0 Å². The Kier molecular flexibility index (Phi) is 4.51. The number of benzene rings is 1. The van der Waals surface area contributed by atoms with Crippen LogP contribution in [0.15, 0.2) is 48.8 Å². The Bertz CT molecular complexity index is 561. The van der Waals surface area contributed by atoms with Gasteiger partial charge < -0.3 is 5.32 Å². The fraction of sp³-hybridized carbons (Fsp3) is 0.294. The molecule has 1 aromatic carbocycles. The van der Waals surface area contributed by atoms with Gasteiger partial charge in [0.05, 0.1) is 11.6 Å². The summed E-state index contributed by atoms with van der Waals surface area (Å²) in [4.78, 5) is 16.0. The SMILES string of the molecule is CC(C)c1ccc([C@H](C)NC(=O)c2cccnc2)cc1. The first-order valence-electron chi connectivity index (χ1n) is 6.88. The number of nitrogens with one attached hydrogen (secondary N) is 1. The Morgan fingerprint density at radius 1 is 1.05 bits per heavy atom. The van der Waals surface area contributed by atoms with Gasteiger partial charge in [-0.3, -0.25) is 9.78 Å². The fourth-order valence-corrected chi connectivity index (χ4v) is 2.03. The average molecular weight is 268 g/mol. The molecule has 2 aromatic rings. The third kappa shape index (κ3) is 3.44. The maximum absolute atomic E-state index is 12.1. The van der Waals surface area contributed by atoms with E-state index in [4.69, 9.17) is 0 Å². The van der Waals surface area contributed by atoms with Crippen molar-refractivity contribution in [2.75, 3.05) is 0 Å². The average Bonchev–Trinajstić information content (AvgIpc) is 2.48. The lowest BCUT2D eigenvalue weighted by Crippen LogP contribution is -2.26. The van der Waals surface area contributed by atoms with Crippen molar-refractivity contribution in [1.82, 2.24) is 10.3 Å². The van der Waals surface area contributed by atoms with E-state index in [1.165, 1.54) is 5.56 Å². The summed E-state index contributed by atoms with van der Waals surface area (Å²) in [6, 6.07) is 11.9. The lowest BCUT2D eigenvalue weighted by molar-refractivity contribution is 0.0939. The molecule has 104 valence electrons. The molecule has 3 nitrogen and oxygen atoms in total. The van der Waals surface area contributed by atoms with Crippen molar-refractivity contribution < 1.29 is 4.79 Å². The monoisotopic (exact) mass is 268 g/mol. The Hall–Kier alpha value is -2.16. The Balaban J connectivity index is 2.04. The molecule has 1 atom stereocenters. The van der Waals surface area contributed by atoms with Gasteiger partial charge in [0.15, 0.2) is 0 Å². The number of nitrogens with zero attached hydrogens (tertiary/aromatic N) is 1. The van der Waals surface area contributed by atoms with Gasteiger partial charge in [0.2, 0.25) is 0 Å². The Labute approximate surface area is 120 Å². The number of carbonyl (C=O) groups excluding carboxylic acids is 1. The van der Waals surface area contributed by atoms with E-state index in [0.29, 0.717) is 11.5 Å². The van der Waals surface area contributed by atoms with Gasteiger partial charge in [-0.25, -0.2) is 0 Å². The van der Waals surface area contributed by atoms with Gasteiger partial charge >= 0.3 is 0 Å². The second-order valence-corrected chi connectivity index (χ2v) is 5.26. The molecule has 0 bridgehead atoms. The maximum Gasteiger partial charge on any atom is 0.253 e. The van der Waals surface area contributed by atoms with Crippen molar-refractivity contribution in [3.05, 3.63) is 65.5 Å². The quantitative estimate of drug-likeness (QED) is 0.918. The van der Waals surface area contributed by atoms with Crippen LogP contribution in [-0.2, 0) is 0 Å². The third-order valence-electron chi connectivity index (χ3n) is 3.37. The van der Waals surface area contributed by atoms with Crippen LogP contribution >= 0.6 is 0 Å². The summed E-state index contributed by atoms with van der Waals surface area (Å²) in [5.74, 6) is 0.419. The highest BCUT2D eigenvalue weighted by molar-refractivity contribution is 5.94. The van der Waals surface area contributed by atoms with Crippen molar-refractivity contribution in [2.24, 2.45) is 0 Å². The molecule has 0 fully saturated rings. The van der Waals surface area contributed by atoms with Crippen LogP contribution in [0.1, 0.15) is 54.2 Å². The fourth-order valence-electron chi connectivity index (χ4n) is 2.03. The highest BCUT2D eigenvalue weighted by atomic mass is 16.1. The molecule has 0 saturated carbocycles. The van der Waals surface area contributed by atoms with Gasteiger partial charge in [-0.2, -0.15) is 0 Å². The minimum atomic E-state index is -0.0986. The van der Waals surface area contributed by atoms with E-state index >= 15 is 0 Å². The summed E-state index contributed by atoms with van der Waals surface area (Å²) in [5.41, 5.74) is 2.99. The number of carbonyl (C=O) groups is 1. The Morgan fingerprint density at radius 2 is 1.70 bits per heavy atom. The Morgan fingerprint density at radius 3 is 2.25 bits per heavy atom. The molecule has 0 aliphatic rings. The van der Waals surface area contributed by atoms with Crippen LogP contribution in [-0.4, -0.2) is 10.9 Å². The topological polar surface area (TPSA) is 42.0 Å². The van der Waals surface area contributed by atoms with Crippen LogP contribution in [0, 0.1) is 0 Å². The van der Waals surface area contributed by atoms with E-state index in [1.54, 1.807) is 24.5 Å². The second kappa shape index (κ2) is 6.33. The molecule has 1 N–H and O–H groups in total. The molecule has 3 heteroatoms. The molecule has 0 unspecified atom stereocenters. The molecule has 0 aliphatic carbocycles. The minimum Gasteiger partial charge on any atom is -0.345 e. The summed E-state index contributed by atoms with van der Waals surface area (Å²) < 4.78 is 0. The first kappa shape index (κ1) is 14.3. The first-order chi connectivity index (χ1) is 9.58. The second-order valence-electron chi connectivity index (χ2n) is 5.26. The van der Waals surface area contributed by atoms with Gasteiger partial charge in [-0.05, 0) is 36.1 Å². The molecule has 0 spiro atoms. The van der Waals surface area contributed by atoms with Crippen LogP contribution in [0.5, 0.6) is 0 Å². The molecule has 1 heterocycles. The zero-order chi connectivity index (χ0) is 14.5. The highest BCUT2D eigenvalue weighted by Gasteiger charge is 2.11. The lowest BCUT2D eigenvalue weighted by Gasteiger charge is -2.15. The van der Waals surface area contributed by atoms with Gasteiger partial charge in [0, 0.05) is 12.4 Å². The summed E-state index contributed by atoms with van der Waals surface area (Å²) >= 11 is 0. The van der Waals surface area contributed by atoms with E-state index in [9.17, 15) is 4.79 Å². The van der Waals surface area contributed by atoms with Crippen LogP contribution in [0.25, 0.3) is 0 Å². The molecular formula is C17H20N2O. The van der Waals surface area contributed by atoms with Crippen molar-refractivity contribution in [3.8, 4) is 0 Å². The number of pyridine rings is 1. The predicted octanol–water partition coefficient (Wildman–Crippen LogP) is 3.70. The first-order valence-corrected chi connectivity index (χ1v) is 6.88. The van der Waals surface area contributed by atoms with Gasteiger partial charge in [0.25, 0.3) is 5.91 Å². The zero-order valence-corrected chi connectivity index (χ0v) is 12.1. The van der Waals surface area contributed by atoms with Crippen LogP contribution in [0.4, 0.5) is 0 Å². The molecule has 1 aromatic heterocycles. The van der Waals surface area contributed by atoms with Gasteiger partial charge in [-0.15, -0.1) is 0 Å². The van der Waals surface area contributed by atoms with E-state index in [1.807, 2.05) is 6.92 Å². The normalized spacial score (nSPS) is 12.2. The smallest absolute Gasteiger partial charge is 0.253 e. The molecule has 2 rings (SSSR count). The number of rotatable bonds is 4. The summed E-state index contributed by atoms with van der Waals surface area (Å²) in [6.45, 7) is 6.32. The minimum absolute atomic E-state index is 0.0241. The molecular weight excluding hydrogens is 248 g/mol. The number of aromatic nitrogens is 1. The van der Waals surface area contributed by atoms with Crippen molar-refractivity contribution in [2.45, 2.75) is 32.7 Å². The van der Waals surface area contributed by atoms with Crippen molar-refractivity contribution in [3.63, 3.8) is 0 Å². The predicted molar refractivity (Wildman–Crippen MR) is 80.6 cm³/mol. The number of amides is 1. The molecule has 0 aliphatic heterocycles. The van der Waals surface area contributed by atoms with E-state index in [2.05, 4.69) is 48.4 Å². The largest absolute Gasteiger partial charge is 0.345 e. The zero-order valence-electron chi connectivity index (χ0n) is 12.1. The summed E-state index contributed by atoms with van der Waals surface area (Å²) in [5, 5.41) is 2.98. The van der Waals surface area contributed by atoms with Crippen molar-refractivity contribution >= 4 is 5.91 Å². The molecule has 20 heavy (non-hydrogen) atoms. The van der Waals surface area contributed by atoms with E-state index in [-0.39, 0.29) is 11.9 Å². The lowest BCUT2D eigenvalue weighted by atomic mass is 9.99. The van der Waals surface area contributed by atoms with Crippen LogP contribution in [0.3, 0.4) is 0 Å². The van der Waals surface area contributed by atoms with E-state index in [0.717, 1.165) is 5.56 Å².